The van der Waals surface area contributed by atoms with Crippen LogP contribution in [0.5, 0.6) is 0 Å². The van der Waals surface area contributed by atoms with Gasteiger partial charge in [-0.2, -0.15) is 0 Å². The Morgan fingerprint density at radius 3 is 2.85 bits per heavy atom. The van der Waals surface area contributed by atoms with Crippen molar-refractivity contribution in [2.75, 3.05) is 5.88 Å². The predicted octanol–water partition coefficient (Wildman–Crippen LogP) is 3.63. The molecule has 0 saturated carbocycles. The third-order valence-corrected chi connectivity index (χ3v) is 2.33. The third-order valence-electron chi connectivity index (χ3n) is 1.63. The highest BCUT2D eigenvalue weighted by atomic mass is 35.5. The van der Waals surface area contributed by atoms with E-state index >= 15 is 0 Å². The van der Waals surface area contributed by atoms with E-state index in [4.69, 9.17) is 23.2 Å². The minimum atomic E-state index is 0.566. The first-order valence-electron chi connectivity index (χ1n) is 4.05. The Bertz CT molecular complexity index is 345. The summed E-state index contributed by atoms with van der Waals surface area (Å²) < 4.78 is 0. The van der Waals surface area contributed by atoms with Gasteiger partial charge >= 0.3 is 0 Å². The highest BCUT2D eigenvalue weighted by Crippen LogP contribution is 2.18. The average molecular weight is 213 g/mol. The summed E-state index contributed by atoms with van der Waals surface area (Å²) in [5.74, 6) is 6.51. The summed E-state index contributed by atoms with van der Waals surface area (Å²) in [6, 6.07) is 5.83. The van der Waals surface area contributed by atoms with Crippen LogP contribution in [0.2, 0.25) is 5.02 Å². The van der Waals surface area contributed by atoms with Crippen molar-refractivity contribution in [3.63, 3.8) is 0 Å². The Kier molecular flexibility index (Phi) is 4.15. The van der Waals surface area contributed by atoms with Crippen LogP contribution >= 0.6 is 23.2 Å². The van der Waals surface area contributed by atoms with Crippen LogP contribution in [0, 0.1) is 18.8 Å². The van der Waals surface area contributed by atoms with E-state index in [9.17, 15) is 0 Å². The first kappa shape index (κ1) is 10.4. The Balaban J connectivity index is 2.91. The number of benzene rings is 1. The lowest BCUT2D eigenvalue weighted by Gasteiger charge is -1.98. The molecule has 0 spiro atoms. The van der Waals surface area contributed by atoms with Gasteiger partial charge in [0.05, 0.1) is 5.02 Å². The zero-order chi connectivity index (χ0) is 9.68. The van der Waals surface area contributed by atoms with E-state index in [1.165, 1.54) is 0 Å². The Morgan fingerprint density at radius 2 is 2.15 bits per heavy atom. The molecule has 0 atom stereocenters. The fourth-order valence-electron chi connectivity index (χ4n) is 0.949. The van der Waals surface area contributed by atoms with Crippen LogP contribution in [-0.2, 0) is 0 Å². The minimum absolute atomic E-state index is 0.566. The number of rotatable bonds is 1. The molecule has 2 heteroatoms. The molecule has 68 valence electrons. The van der Waals surface area contributed by atoms with Crippen molar-refractivity contribution in [2.24, 2.45) is 0 Å². The second kappa shape index (κ2) is 5.17. The standard InChI is InChI=1S/C11H10Cl2/c1-9-5-4-7-10(11(9)13)6-2-3-8-12/h4-5,7H,3,8H2,1H3. The van der Waals surface area contributed by atoms with Gasteiger partial charge in [0, 0.05) is 17.9 Å². The van der Waals surface area contributed by atoms with E-state index in [0.717, 1.165) is 16.1 Å². The van der Waals surface area contributed by atoms with Gasteiger partial charge < -0.3 is 0 Å². The van der Waals surface area contributed by atoms with Crippen LogP contribution in [-0.4, -0.2) is 5.88 Å². The lowest BCUT2D eigenvalue weighted by Crippen LogP contribution is -1.81. The Labute approximate surface area is 88.9 Å². The Hall–Kier alpha value is -0.640. The average Bonchev–Trinajstić information content (AvgIpc) is 2.13. The molecule has 0 saturated heterocycles. The van der Waals surface area contributed by atoms with Crippen LogP contribution < -0.4 is 0 Å². The molecule has 0 heterocycles. The minimum Gasteiger partial charge on any atom is -0.126 e. The molecule has 0 aliphatic carbocycles. The molecule has 0 N–H and O–H groups in total. The molecule has 0 nitrogen and oxygen atoms in total. The van der Waals surface area contributed by atoms with Gasteiger partial charge in [-0.25, -0.2) is 0 Å². The summed E-state index contributed by atoms with van der Waals surface area (Å²) >= 11 is 11.5. The molecule has 0 amide bonds. The van der Waals surface area contributed by atoms with Gasteiger partial charge in [0.25, 0.3) is 0 Å². The molecule has 0 fully saturated rings. The first-order chi connectivity index (χ1) is 6.25. The molecule has 1 rings (SSSR count). The van der Waals surface area contributed by atoms with Crippen LogP contribution in [0.3, 0.4) is 0 Å². The quantitative estimate of drug-likeness (QED) is 0.493. The van der Waals surface area contributed by atoms with Gasteiger partial charge in [0.2, 0.25) is 0 Å². The van der Waals surface area contributed by atoms with Crippen LogP contribution in [0.4, 0.5) is 0 Å². The number of alkyl halides is 1. The van der Waals surface area contributed by atoms with Gasteiger partial charge in [-0.3, -0.25) is 0 Å². The maximum absolute atomic E-state index is 6.04. The summed E-state index contributed by atoms with van der Waals surface area (Å²) in [5, 5.41) is 0.740. The van der Waals surface area contributed by atoms with E-state index < -0.39 is 0 Å². The molecule has 13 heavy (non-hydrogen) atoms. The van der Waals surface area contributed by atoms with Crippen molar-refractivity contribution in [3.05, 3.63) is 34.3 Å². The van der Waals surface area contributed by atoms with E-state index in [-0.39, 0.29) is 0 Å². The van der Waals surface area contributed by atoms with Crippen molar-refractivity contribution < 1.29 is 0 Å². The van der Waals surface area contributed by atoms with Gasteiger partial charge in [-0.1, -0.05) is 35.6 Å². The van der Waals surface area contributed by atoms with Gasteiger partial charge in [0.15, 0.2) is 0 Å². The Morgan fingerprint density at radius 1 is 1.38 bits per heavy atom. The van der Waals surface area contributed by atoms with E-state index in [2.05, 4.69) is 11.8 Å². The molecule has 0 radical (unpaired) electrons. The zero-order valence-corrected chi connectivity index (χ0v) is 8.91. The molecular weight excluding hydrogens is 203 g/mol. The van der Waals surface area contributed by atoms with Gasteiger partial charge in [-0.05, 0) is 18.6 Å². The van der Waals surface area contributed by atoms with Crippen molar-refractivity contribution >= 4 is 23.2 Å². The molecule has 1 aromatic carbocycles. The number of hydrogen-bond donors (Lipinski definition) is 0. The van der Waals surface area contributed by atoms with Gasteiger partial charge in [-0.15, -0.1) is 11.6 Å². The molecule has 1 aromatic rings. The first-order valence-corrected chi connectivity index (χ1v) is 4.97. The molecule has 0 aliphatic heterocycles. The highest BCUT2D eigenvalue weighted by molar-refractivity contribution is 6.32. The maximum Gasteiger partial charge on any atom is 0.0591 e. The van der Waals surface area contributed by atoms with E-state index in [0.29, 0.717) is 12.3 Å². The topological polar surface area (TPSA) is 0 Å². The summed E-state index contributed by atoms with van der Waals surface area (Å²) in [7, 11) is 0. The largest absolute Gasteiger partial charge is 0.126 e. The second-order valence-electron chi connectivity index (χ2n) is 2.68. The lowest BCUT2D eigenvalue weighted by atomic mass is 10.1. The number of hydrogen-bond acceptors (Lipinski definition) is 0. The van der Waals surface area contributed by atoms with Crippen LogP contribution in [0.25, 0.3) is 0 Å². The fourth-order valence-corrected chi connectivity index (χ4v) is 1.22. The molecule has 0 aromatic heterocycles. The third kappa shape index (κ3) is 2.95. The highest BCUT2D eigenvalue weighted by Gasteiger charge is 1.98. The second-order valence-corrected chi connectivity index (χ2v) is 3.43. The normalized spacial score (nSPS) is 9.15. The predicted molar refractivity (Wildman–Crippen MR) is 58.4 cm³/mol. The molecular formula is C11H10Cl2. The zero-order valence-electron chi connectivity index (χ0n) is 7.40. The monoisotopic (exact) mass is 212 g/mol. The molecule has 0 aliphatic rings. The van der Waals surface area contributed by atoms with Gasteiger partial charge in [0.1, 0.15) is 0 Å². The summed E-state index contributed by atoms with van der Waals surface area (Å²) in [6.45, 7) is 1.97. The van der Waals surface area contributed by atoms with E-state index in [1.807, 2.05) is 25.1 Å². The van der Waals surface area contributed by atoms with E-state index in [1.54, 1.807) is 0 Å². The smallest absolute Gasteiger partial charge is 0.0591 e. The summed E-state index contributed by atoms with van der Waals surface area (Å²) in [6.07, 6.45) is 0.700. The van der Waals surface area contributed by atoms with Crippen LogP contribution in [0.15, 0.2) is 18.2 Å². The number of aryl methyl sites for hydroxylation is 1. The van der Waals surface area contributed by atoms with Crippen molar-refractivity contribution in [3.8, 4) is 11.8 Å². The van der Waals surface area contributed by atoms with Crippen molar-refractivity contribution in [1.29, 1.82) is 0 Å². The van der Waals surface area contributed by atoms with Crippen molar-refractivity contribution in [2.45, 2.75) is 13.3 Å². The lowest BCUT2D eigenvalue weighted by molar-refractivity contribution is 1.29. The fraction of sp³-hybridized carbons (Fsp3) is 0.273. The maximum atomic E-state index is 6.04. The SMILES string of the molecule is Cc1cccc(C#CCCCl)c1Cl. The molecule has 0 bridgehead atoms. The number of halogens is 2. The summed E-state index contributed by atoms with van der Waals surface area (Å²) in [4.78, 5) is 0. The molecule has 0 unspecified atom stereocenters. The van der Waals surface area contributed by atoms with Crippen LogP contribution in [0.1, 0.15) is 17.5 Å². The summed E-state index contributed by atoms with van der Waals surface area (Å²) in [5.41, 5.74) is 1.94. The van der Waals surface area contributed by atoms with Crippen molar-refractivity contribution in [1.82, 2.24) is 0 Å².